The molecular weight excluding hydrogens is 361 g/mol. The third-order valence-electron chi connectivity index (χ3n) is 4.01. The lowest BCUT2D eigenvalue weighted by Crippen LogP contribution is -2.35. The van der Waals surface area contributed by atoms with Crippen LogP contribution in [0.2, 0.25) is 0 Å². The highest BCUT2D eigenvalue weighted by Crippen LogP contribution is 2.30. The van der Waals surface area contributed by atoms with E-state index in [1.807, 2.05) is 6.07 Å². The van der Waals surface area contributed by atoms with E-state index in [0.29, 0.717) is 11.2 Å². The van der Waals surface area contributed by atoms with Gasteiger partial charge in [-0.15, -0.1) is 0 Å². The number of rotatable bonds is 3. The number of methoxy groups -OCH3 is 1. The van der Waals surface area contributed by atoms with E-state index in [2.05, 4.69) is 4.98 Å². The second kappa shape index (κ2) is 7.50. The van der Waals surface area contributed by atoms with E-state index in [1.54, 1.807) is 45.0 Å². The molecule has 0 saturated heterocycles. The monoisotopic (exact) mass is 381 g/mol. The number of nitriles is 1. The maximum atomic E-state index is 13.0. The number of carbonyl (C=O) groups is 1. The molecule has 1 aromatic heterocycles. The number of anilines is 2. The van der Waals surface area contributed by atoms with Crippen LogP contribution in [0.3, 0.4) is 0 Å². The quantitative estimate of drug-likeness (QED) is 0.813. The number of amides is 1. The molecule has 144 valence electrons. The van der Waals surface area contributed by atoms with Crippen molar-refractivity contribution in [1.82, 2.24) is 4.98 Å². The van der Waals surface area contributed by atoms with Crippen molar-refractivity contribution in [3.05, 3.63) is 41.5 Å². The third-order valence-corrected chi connectivity index (χ3v) is 4.01. The normalized spacial score (nSPS) is 12.9. The van der Waals surface area contributed by atoms with Gasteiger partial charge in [-0.2, -0.15) is 10.2 Å². The first kappa shape index (κ1) is 19.7. The zero-order valence-electron chi connectivity index (χ0n) is 16.1. The molecule has 0 fully saturated rings. The minimum atomic E-state index is -0.979. The molecule has 0 unspecified atom stereocenters. The smallest absolute Gasteiger partial charge is 0.480 e. The van der Waals surface area contributed by atoms with E-state index in [0.717, 1.165) is 5.56 Å². The number of fused-ring (bicyclic) bond motifs is 1. The van der Waals surface area contributed by atoms with Gasteiger partial charge in [0.1, 0.15) is 23.1 Å². The second-order valence-corrected chi connectivity index (χ2v) is 7.20. The van der Waals surface area contributed by atoms with Crippen molar-refractivity contribution in [2.24, 2.45) is 0 Å². The van der Waals surface area contributed by atoms with Gasteiger partial charge in [-0.25, -0.2) is 9.69 Å². The number of hydrogen-bond donors (Lipinski definition) is 1. The number of benzene rings is 1. The molecule has 2 aromatic rings. The van der Waals surface area contributed by atoms with Crippen molar-refractivity contribution in [1.29, 1.82) is 5.26 Å². The minimum Gasteiger partial charge on any atom is -0.480 e. The van der Waals surface area contributed by atoms with Gasteiger partial charge >= 0.3 is 13.2 Å². The fraction of sp³-hybridized carbons (Fsp3) is 0.316. The topological polar surface area (TPSA) is 105 Å². The lowest BCUT2D eigenvalue weighted by molar-refractivity contribution is 0.0598. The highest BCUT2D eigenvalue weighted by molar-refractivity contribution is 6.61. The molecule has 0 bridgehead atoms. The molecule has 2 heterocycles. The van der Waals surface area contributed by atoms with Crippen LogP contribution in [-0.2, 0) is 16.0 Å². The molecule has 1 aliphatic heterocycles. The van der Waals surface area contributed by atoms with Crippen LogP contribution in [0.25, 0.3) is 0 Å². The fourth-order valence-electron chi connectivity index (χ4n) is 2.79. The lowest BCUT2D eigenvalue weighted by Gasteiger charge is -2.27. The highest BCUT2D eigenvalue weighted by atomic mass is 16.6. The Labute approximate surface area is 163 Å². The number of pyridine rings is 1. The summed E-state index contributed by atoms with van der Waals surface area (Å²) in [5, 5.41) is 19.0. The maximum Gasteiger partial charge on any atom is 0.491 e. The van der Waals surface area contributed by atoms with Gasteiger partial charge in [0, 0.05) is 0 Å². The summed E-state index contributed by atoms with van der Waals surface area (Å²) in [7, 11) is 0.422. The first-order chi connectivity index (χ1) is 13.2. The standard InChI is InChI=1S/C19H20BN3O5/c1-19(2,3)28-18(24)23(16-8-5-12(10-21)17(22-16)26-4)14-6-7-15-13(9-14)11-27-20(15)25/h5-9,25H,11H2,1-4H3. The molecule has 9 heteroatoms. The predicted molar refractivity (Wildman–Crippen MR) is 103 cm³/mol. The van der Waals surface area contributed by atoms with Crippen molar-refractivity contribution < 1.29 is 23.9 Å². The molecule has 0 spiro atoms. The van der Waals surface area contributed by atoms with Crippen LogP contribution >= 0.6 is 0 Å². The Kier molecular flexibility index (Phi) is 5.27. The second-order valence-electron chi connectivity index (χ2n) is 7.20. The molecule has 0 radical (unpaired) electrons. The number of hydrogen-bond acceptors (Lipinski definition) is 7. The van der Waals surface area contributed by atoms with E-state index in [4.69, 9.17) is 14.1 Å². The maximum absolute atomic E-state index is 13.0. The van der Waals surface area contributed by atoms with Crippen molar-refractivity contribution in [2.75, 3.05) is 12.0 Å². The van der Waals surface area contributed by atoms with Crippen LogP contribution in [0.5, 0.6) is 5.88 Å². The van der Waals surface area contributed by atoms with Crippen molar-refractivity contribution in [3.63, 3.8) is 0 Å². The lowest BCUT2D eigenvalue weighted by atomic mass is 9.79. The summed E-state index contributed by atoms with van der Waals surface area (Å²) in [5.74, 6) is 0.345. The molecule has 0 atom stereocenters. The van der Waals surface area contributed by atoms with E-state index in [-0.39, 0.29) is 23.9 Å². The van der Waals surface area contributed by atoms with Crippen molar-refractivity contribution in [2.45, 2.75) is 33.0 Å². The Hall–Kier alpha value is -3.09. The summed E-state index contributed by atoms with van der Waals surface area (Å²) < 4.78 is 15.9. The van der Waals surface area contributed by atoms with Gasteiger partial charge in [0.25, 0.3) is 0 Å². The molecule has 1 aliphatic rings. The van der Waals surface area contributed by atoms with Crippen LogP contribution in [-0.4, -0.2) is 35.9 Å². The summed E-state index contributed by atoms with van der Waals surface area (Å²) in [4.78, 5) is 18.5. The summed E-state index contributed by atoms with van der Waals surface area (Å²) in [6.07, 6.45) is -0.633. The number of nitrogens with zero attached hydrogens (tertiary/aromatic N) is 3. The van der Waals surface area contributed by atoms with Gasteiger partial charge in [0.2, 0.25) is 5.88 Å². The predicted octanol–water partition coefficient (Wildman–Crippen LogP) is 2.25. The van der Waals surface area contributed by atoms with Crippen LogP contribution in [0.4, 0.5) is 16.3 Å². The molecule has 3 rings (SSSR count). The van der Waals surface area contributed by atoms with Gasteiger partial charge in [-0.1, -0.05) is 6.07 Å². The van der Waals surface area contributed by atoms with Gasteiger partial charge < -0.3 is 19.2 Å². The molecule has 1 N–H and O–H groups in total. The number of carbonyl (C=O) groups excluding carboxylic acids is 1. The van der Waals surface area contributed by atoms with Gasteiger partial charge in [-0.3, -0.25) is 0 Å². The Morgan fingerprint density at radius 2 is 2.11 bits per heavy atom. The van der Waals surface area contributed by atoms with Crippen LogP contribution in [0.15, 0.2) is 30.3 Å². The molecule has 1 aromatic carbocycles. The summed E-state index contributed by atoms with van der Waals surface area (Å²) in [5.41, 5.74) is 1.44. The Balaban J connectivity index is 2.09. The Bertz CT molecular complexity index is 952. The van der Waals surface area contributed by atoms with Crippen LogP contribution in [0, 0.1) is 11.3 Å². The summed E-state index contributed by atoms with van der Waals surface area (Å²) in [6, 6.07) is 10.2. The molecular formula is C19H20BN3O5. The zero-order valence-corrected chi connectivity index (χ0v) is 16.1. The van der Waals surface area contributed by atoms with Crippen molar-refractivity contribution >= 4 is 30.2 Å². The summed E-state index contributed by atoms with van der Waals surface area (Å²) >= 11 is 0. The molecule has 0 saturated carbocycles. The zero-order chi connectivity index (χ0) is 20.5. The van der Waals surface area contributed by atoms with Gasteiger partial charge in [-0.05, 0) is 56.1 Å². The van der Waals surface area contributed by atoms with Crippen molar-refractivity contribution in [3.8, 4) is 11.9 Å². The largest absolute Gasteiger partial charge is 0.491 e. The molecule has 8 nitrogen and oxygen atoms in total. The Morgan fingerprint density at radius 3 is 2.75 bits per heavy atom. The van der Waals surface area contributed by atoms with Crippen LogP contribution in [0.1, 0.15) is 31.9 Å². The van der Waals surface area contributed by atoms with E-state index >= 15 is 0 Å². The molecule has 28 heavy (non-hydrogen) atoms. The number of aromatic nitrogens is 1. The van der Waals surface area contributed by atoms with Crippen LogP contribution < -0.4 is 15.1 Å². The van der Waals surface area contributed by atoms with Gasteiger partial charge in [0.15, 0.2) is 0 Å². The Morgan fingerprint density at radius 1 is 1.36 bits per heavy atom. The van der Waals surface area contributed by atoms with Gasteiger partial charge in [0.05, 0.1) is 19.4 Å². The third kappa shape index (κ3) is 3.93. The first-order valence-corrected chi connectivity index (χ1v) is 8.64. The van der Waals surface area contributed by atoms with E-state index in [9.17, 15) is 15.1 Å². The molecule has 1 amide bonds. The molecule has 0 aliphatic carbocycles. The number of ether oxygens (including phenoxy) is 2. The minimum absolute atomic E-state index is 0.105. The SMILES string of the molecule is COc1nc(N(C(=O)OC(C)(C)C)c2ccc3c(c2)COB3O)ccc1C#N. The summed E-state index contributed by atoms with van der Waals surface area (Å²) in [6.45, 7) is 5.53. The van der Waals surface area contributed by atoms with E-state index in [1.165, 1.54) is 18.1 Å². The fourth-order valence-corrected chi connectivity index (χ4v) is 2.79. The van der Waals surface area contributed by atoms with E-state index < -0.39 is 18.8 Å². The average Bonchev–Trinajstić information content (AvgIpc) is 3.00. The average molecular weight is 381 g/mol. The first-order valence-electron chi connectivity index (χ1n) is 8.64. The highest BCUT2D eigenvalue weighted by Gasteiger charge is 2.31.